The van der Waals surface area contributed by atoms with Gasteiger partial charge in [-0.1, -0.05) is 13.8 Å². The summed E-state index contributed by atoms with van der Waals surface area (Å²) in [6, 6.07) is 0. The highest BCUT2D eigenvalue weighted by Crippen LogP contribution is 1.96. The predicted molar refractivity (Wildman–Crippen MR) is 64.4 cm³/mol. The molecule has 0 saturated heterocycles. The summed E-state index contributed by atoms with van der Waals surface area (Å²) in [4.78, 5) is 13.0. The Labute approximate surface area is 98.9 Å². The lowest BCUT2D eigenvalue weighted by molar-refractivity contribution is -0.140. The number of hydrogen-bond donors (Lipinski definition) is 0. The molecular weight excluding hydrogens is 206 g/mol. The summed E-state index contributed by atoms with van der Waals surface area (Å²) in [5, 5.41) is 0. The van der Waals surface area contributed by atoms with E-state index < -0.39 is 0 Å². The maximum absolute atomic E-state index is 10.9. The molecule has 96 valence electrons. The molecule has 4 heteroatoms. The first-order chi connectivity index (χ1) is 7.56. The van der Waals surface area contributed by atoms with Crippen LogP contribution in [0.5, 0.6) is 0 Å². The van der Waals surface area contributed by atoms with Crippen molar-refractivity contribution in [3.05, 3.63) is 0 Å². The second kappa shape index (κ2) is 9.60. The standard InChI is InChI=1S/C12H25NO3/c1-11(2)10-16-9-8-13(3)7-5-6-12(14)15-4/h11H,5-10H2,1-4H3. The Bertz CT molecular complexity index is 183. The smallest absolute Gasteiger partial charge is 0.305 e. The molecule has 0 bridgehead atoms. The number of hydrogen-bond acceptors (Lipinski definition) is 4. The molecule has 0 N–H and O–H groups in total. The van der Waals surface area contributed by atoms with Gasteiger partial charge in [-0.2, -0.15) is 0 Å². The van der Waals surface area contributed by atoms with Gasteiger partial charge in [-0.15, -0.1) is 0 Å². The minimum absolute atomic E-state index is 0.135. The van der Waals surface area contributed by atoms with E-state index in [1.54, 1.807) is 0 Å². The van der Waals surface area contributed by atoms with Crippen LogP contribution in [0.1, 0.15) is 26.7 Å². The number of rotatable bonds is 9. The fourth-order valence-electron chi connectivity index (χ4n) is 1.25. The van der Waals surface area contributed by atoms with Crippen LogP contribution in [0.2, 0.25) is 0 Å². The molecule has 0 fully saturated rings. The van der Waals surface area contributed by atoms with Gasteiger partial charge >= 0.3 is 5.97 Å². The van der Waals surface area contributed by atoms with E-state index in [2.05, 4.69) is 23.5 Å². The van der Waals surface area contributed by atoms with Gasteiger partial charge < -0.3 is 14.4 Å². The Morgan fingerprint density at radius 2 is 2.00 bits per heavy atom. The van der Waals surface area contributed by atoms with Gasteiger partial charge in [0.1, 0.15) is 0 Å². The third kappa shape index (κ3) is 9.93. The van der Waals surface area contributed by atoms with E-state index in [0.717, 1.165) is 32.7 Å². The number of likely N-dealkylation sites (N-methyl/N-ethyl adjacent to an activating group) is 1. The monoisotopic (exact) mass is 231 g/mol. The van der Waals surface area contributed by atoms with Crippen molar-refractivity contribution in [3.8, 4) is 0 Å². The molecule has 0 heterocycles. The van der Waals surface area contributed by atoms with Gasteiger partial charge in [-0.25, -0.2) is 0 Å². The molecule has 0 aliphatic carbocycles. The molecule has 0 aromatic rings. The lowest BCUT2D eigenvalue weighted by atomic mass is 10.2. The molecular formula is C12H25NO3. The van der Waals surface area contributed by atoms with E-state index in [0.29, 0.717) is 12.3 Å². The molecule has 0 aromatic heterocycles. The van der Waals surface area contributed by atoms with Crippen molar-refractivity contribution in [1.29, 1.82) is 0 Å². The van der Waals surface area contributed by atoms with Gasteiger partial charge in [-0.3, -0.25) is 4.79 Å². The highest BCUT2D eigenvalue weighted by Gasteiger charge is 2.03. The van der Waals surface area contributed by atoms with E-state index in [1.165, 1.54) is 7.11 Å². The molecule has 0 aliphatic rings. The molecule has 0 rings (SSSR count). The van der Waals surface area contributed by atoms with E-state index in [4.69, 9.17) is 4.74 Å². The fourth-order valence-corrected chi connectivity index (χ4v) is 1.25. The largest absolute Gasteiger partial charge is 0.469 e. The Kier molecular flexibility index (Phi) is 9.24. The number of carbonyl (C=O) groups is 1. The van der Waals surface area contributed by atoms with Gasteiger partial charge in [0.25, 0.3) is 0 Å². The highest BCUT2D eigenvalue weighted by molar-refractivity contribution is 5.69. The maximum atomic E-state index is 10.9. The Balaban J connectivity index is 3.31. The molecule has 4 nitrogen and oxygen atoms in total. The number of nitrogens with zero attached hydrogens (tertiary/aromatic N) is 1. The van der Waals surface area contributed by atoms with Crippen molar-refractivity contribution < 1.29 is 14.3 Å². The van der Waals surface area contributed by atoms with Crippen molar-refractivity contribution >= 4 is 5.97 Å². The summed E-state index contributed by atoms with van der Waals surface area (Å²) in [6.07, 6.45) is 1.33. The zero-order valence-corrected chi connectivity index (χ0v) is 11.0. The molecule has 0 aliphatic heterocycles. The van der Waals surface area contributed by atoms with E-state index >= 15 is 0 Å². The number of ether oxygens (including phenoxy) is 2. The van der Waals surface area contributed by atoms with Crippen LogP contribution in [0, 0.1) is 5.92 Å². The van der Waals surface area contributed by atoms with Crippen LogP contribution in [0.4, 0.5) is 0 Å². The second-order valence-electron chi connectivity index (χ2n) is 4.45. The second-order valence-corrected chi connectivity index (χ2v) is 4.45. The number of methoxy groups -OCH3 is 1. The lowest BCUT2D eigenvalue weighted by Crippen LogP contribution is -2.25. The van der Waals surface area contributed by atoms with Crippen LogP contribution in [0.25, 0.3) is 0 Å². The Morgan fingerprint density at radius 3 is 2.56 bits per heavy atom. The van der Waals surface area contributed by atoms with Crippen LogP contribution < -0.4 is 0 Å². The van der Waals surface area contributed by atoms with Gasteiger partial charge in [-0.05, 0) is 25.9 Å². The Morgan fingerprint density at radius 1 is 1.31 bits per heavy atom. The maximum Gasteiger partial charge on any atom is 0.305 e. The first-order valence-electron chi connectivity index (χ1n) is 5.89. The first kappa shape index (κ1) is 15.4. The first-order valence-corrected chi connectivity index (χ1v) is 5.89. The molecule has 0 amide bonds. The van der Waals surface area contributed by atoms with Gasteiger partial charge in [0.15, 0.2) is 0 Å². The van der Waals surface area contributed by atoms with Gasteiger partial charge in [0.2, 0.25) is 0 Å². The molecule has 16 heavy (non-hydrogen) atoms. The van der Waals surface area contributed by atoms with Gasteiger partial charge in [0.05, 0.1) is 13.7 Å². The molecule has 0 atom stereocenters. The zero-order valence-electron chi connectivity index (χ0n) is 11.0. The summed E-state index contributed by atoms with van der Waals surface area (Å²) < 4.78 is 10.1. The minimum Gasteiger partial charge on any atom is -0.469 e. The zero-order chi connectivity index (χ0) is 12.4. The third-order valence-corrected chi connectivity index (χ3v) is 2.22. The minimum atomic E-state index is -0.135. The molecule has 0 spiro atoms. The van der Waals surface area contributed by atoms with Crippen molar-refractivity contribution in [2.24, 2.45) is 5.92 Å². The quantitative estimate of drug-likeness (QED) is 0.446. The van der Waals surface area contributed by atoms with Crippen molar-refractivity contribution in [2.75, 3.05) is 40.5 Å². The molecule has 0 radical (unpaired) electrons. The van der Waals surface area contributed by atoms with Crippen molar-refractivity contribution in [1.82, 2.24) is 4.90 Å². The fraction of sp³-hybridized carbons (Fsp3) is 0.917. The third-order valence-electron chi connectivity index (χ3n) is 2.22. The van der Waals surface area contributed by atoms with Crippen LogP contribution in [-0.2, 0) is 14.3 Å². The van der Waals surface area contributed by atoms with Crippen LogP contribution in [-0.4, -0.2) is 51.3 Å². The molecule has 0 unspecified atom stereocenters. The molecule has 0 aromatic carbocycles. The van der Waals surface area contributed by atoms with E-state index in [9.17, 15) is 4.79 Å². The van der Waals surface area contributed by atoms with E-state index in [1.807, 2.05) is 7.05 Å². The number of carbonyl (C=O) groups excluding carboxylic acids is 1. The summed E-state index contributed by atoms with van der Waals surface area (Å²) in [5.41, 5.74) is 0. The summed E-state index contributed by atoms with van der Waals surface area (Å²) in [6.45, 7) is 7.66. The summed E-state index contributed by atoms with van der Waals surface area (Å²) in [5.74, 6) is 0.453. The van der Waals surface area contributed by atoms with Gasteiger partial charge in [0, 0.05) is 19.6 Å². The van der Waals surface area contributed by atoms with Crippen LogP contribution in [0.15, 0.2) is 0 Å². The topological polar surface area (TPSA) is 38.8 Å². The number of esters is 1. The summed E-state index contributed by atoms with van der Waals surface area (Å²) in [7, 11) is 3.46. The average Bonchev–Trinajstić information content (AvgIpc) is 2.24. The van der Waals surface area contributed by atoms with Crippen LogP contribution in [0.3, 0.4) is 0 Å². The van der Waals surface area contributed by atoms with Crippen molar-refractivity contribution in [3.63, 3.8) is 0 Å². The van der Waals surface area contributed by atoms with Crippen molar-refractivity contribution in [2.45, 2.75) is 26.7 Å². The molecule has 0 saturated carbocycles. The highest BCUT2D eigenvalue weighted by atomic mass is 16.5. The normalized spacial score (nSPS) is 11.1. The SMILES string of the molecule is COC(=O)CCCN(C)CCOCC(C)C. The Hall–Kier alpha value is -0.610. The lowest BCUT2D eigenvalue weighted by Gasteiger charge is -2.16. The summed E-state index contributed by atoms with van der Waals surface area (Å²) >= 11 is 0. The van der Waals surface area contributed by atoms with Crippen LogP contribution >= 0.6 is 0 Å². The van der Waals surface area contributed by atoms with E-state index in [-0.39, 0.29) is 5.97 Å². The predicted octanol–water partition coefficient (Wildman–Crippen LogP) is 1.54. The average molecular weight is 231 g/mol.